The molecule has 0 radical (unpaired) electrons. The number of hydrogen-bond donors (Lipinski definition) is 1. The third kappa shape index (κ3) is 3.98. The van der Waals surface area contributed by atoms with Crippen molar-refractivity contribution in [3.05, 3.63) is 0 Å². The molecule has 0 saturated carbocycles. The Labute approximate surface area is 111 Å². The van der Waals surface area contributed by atoms with E-state index in [1.54, 1.807) is 0 Å². The second-order valence-electron chi connectivity index (χ2n) is 6.80. The minimum Gasteiger partial charge on any atom is -0.343 e. The molecule has 0 aromatic heterocycles. The molecule has 0 bridgehead atoms. The van der Waals surface area contributed by atoms with Gasteiger partial charge in [0.25, 0.3) is 0 Å². The van der Waals surface area contributed by atoms with Gasteiger partial charge in [0.2, 0.25) is 5.91 Å². The molecular formula is C15H28N2O. The van der Waals surface area contributed by atoms with Crippen LogP contribution in [-0.4, -0.2) is 37.0 Å². The van der Waals surface area contributed by atoms with E-state index in [9.17, 15) is 4.79 Å². The standard InChI is InChI=1S/C15H28N2O/c1-15(2)7-10-17(11-8-15)14(18)6-5-13-4-3-9-16-12-13/h13,16H,3-12H2,1-2H3. The van der Waals surface area contributed by atoms with E-state index in [1.807, 2.05) is 0 Å². The van der Waals surface area contributed by atoms with E-state index < -0.39 is 0 Å². The van der Waals surface area contributed by atoms with Crippen molar-refractivity contribution in [2.75, 3.05) is 26.2 Å². The van der Waals surface area contributed by atoms with E-state index in [1.165, 1.54) is 12.8 Å². The lowest BCUT2D eigenvalue weighted by molar-refractivity contribution is -0.133. The van der Waals surface area contributed by atoms with Gasteiger partial charge in [-0.05, 0) is 56.5 Å². The minimum atomic E-state index is 0.385. The van der Waals surface area contributed by atoms with Crippen LogP contribution >= 0.6 is 0 Å². The zero-order valence-electron chi connectivity index (χ0n) is 12.0. The summed E-state index contributed by atoms with van der Waals surface area (Å²) in [6.07, 6.45) is 6.72. The summed E-state index contributed by atoms with van der Waals surface area (Å²) in [6, 6.07) is 0. The molecule has 3 heteroatoms. The van der Waals surface area contributed by atoms with E-state index in [-0.39, 0.29) is 0 Å². The van der Waals surface area contributed by atoms with E-state index in [0.717, 1.165) is 57.8 Å². The van der Waals surface area contributed by atoms with Crippen LogP contribution in [0, 0.1) is 11.3 Å². The minimum absolute atomic E-state index is 0.385. The number of likely N-dealkylation sites (tertiary alicyclic amines) is 1. The Morgan fingerprint density at radius 3 is 2.67 bits per heavy atom. The van der Waals surface area contributed by atoms with Crippen LogP contribution in [0.4, 0.5) is 0 Å². The number of nitrogens with zero attached hydrogens (tertiary/aromatic N) is 1. The summed E-state index contributed by atoms with van der Waals surface area (Å²) >= 11 is 0. The van der Waals surface area contributed by atoms with Gasteiger partial charge in [-0.3, -0.25) is 4.79 Å². The number of nitrogens with one attached hydrogen (secondary N) is 1. The van der Waals surface area contributed by atoms with Gasteiger partial charge in [-0.2, -0.15) is 0 Å². The topological polar surface area (TPSA) is 32.3 Å². The molecule has 0 aliphatic carbocycles. The van der Waals surface area contributed by atoms with Crippen molar-refractivity contribution < 1.29 is 4.79 Å². The normalized spacial score (nSPS) is 28.1. The molecule has 2 heterocycles. The number of carbonyl (C=O) groups excluding carboxylic acids is 1. The van der Waals surface area contributed by atoms with Gasteiger partial charge in [-0.1, -0.05) is 13.8 Å². The van der Waals surface area contributed by atoms with Crippen molar-refractivity contribution in [2.24, 2.45) is 11.3 Å². The van der Waals surface area contributed by atoms with Gasteiger partial charge < -0.3 is 10.2 Å². The smallest absolute Gasteiger partial charge is 0.222 e. The van der Waals surface area contributed by atoms with Crippen molar-refractivity contribution in [2.45, 2.75) is 52.4 Å². The molecule has 1 amide bonds. The summed E-state index contributed by atoms with van der Waals surface area (Å²) in [6.45, 7) is 8.82. The Morgan fingerprint density at radius 1 is 1.33 bits per heavy atom. The Morgan fingerprint density at radius 2 is 2.06 bits per heavy atom. The molecule has 18 heavy (non-hydrogen) atoms. The number of piperidine rings is 2. The van der Waals surface area contributed by atoms with Gasteiger partial charge in [0.05, 0.1) is 0 Å². The highest BCUT2D eigenvalue weighted by Crippen LogP contribution is 2.30. The highest BCUT2D eigenvalue weighted by atomic mass is 16.2. The van der Waals surface area contributed by atoms with E-state index in [0.29, 0.717) is 11.3 Å². The molecule has 3 nitrogen and oxygen atoms in total. The average Bonchev–Trinajstić information content (AvgIpc) is 2.37. The second-order valence-corrected chi connectivity index (χ2v) is 6.80. The van der Waals surface area contributed by atoms with Crippen molar-refractivity contribution in [1.29, 1.82) is 0 Å². The van der Waals surface area contributed by atoms with Crippen LogP contribution in [0.5, 0.6) is 0 Å². The zero-order valence-corrected chi connectivity index (χ0v) is 12.0. The van der Waals surface area contributed by atoms with Crippen LogP contribution < -0.4 is 5.32 Å². The molecule has 2 saturated heterocycles. The molecule has 1 atom stereocenters. The summed E-state index contributed by atoms with van der Waals surface area (Å²) in [7, 11) is 0. The monoisotopic (exact) mass is 252 g/mol. The first-order valence-corrected chi connectivity index (χ1v) is 7.55. The van der Waals surface area contributed by atoms with Crippen LogP contribution in [0.1, 0.15) is 52.4 Å². The first-order valence-electron chi connectivity index (χ1n) is 7.55. The maximum Gasteiger partial charge on any atom is 0.222 e. The predicted molar refractivity (Wildman–Crippen MR) is 74.4 cm³/mol. The Kier molecular flexibility index (Phi) is 4.66. The first kappa shape index (κ1) is 13.9. The number of hydrogen-bond acceptors (Lipinski definition) is 2. The second kappa shape index (κ2) is 6.05. The van der Waals surface area contributed by atoms with Crippen molar-refractivity contribution in [1.82, 2.24) is 10.2 Å². The van der Waals surface area contributed by atoms with Gasteiger partial charge in [0.15, 0.2) is 0 Å². The Balaban J connectivity index is 1.68. The molecule has 1 N–H and O–H groups in total. The molecule has 2 fully saturated rings. The highest BCUT2D eigenvalue weighted by Gasteiger charge is 2.27. The van der Waals surface area contributed by atoms with Gasteiger partial charge in [-0.15, -0.1) is 0 Å². The van der Waals surface area contributed by atoms with Gasteiger partial charge in [0, 0.05) is 19.5 Å². The van der Waals surface area contributed by atoms with E-state index in [2.05, 4.69) is 24.1 Å². The summed E-state index contributed by atoms with van der Waals surface area (Å²) in [4.78, 5) is 14.2. The van der Waals surface area contributed by atoms with Crippen LogP contribution in [0.3, 0.4) is 0 Å². The van der Waals surface area contributed by atoms with Gasteiger partial charge in [-0.25, -0.2) is 0 Å². The molecule has 0 aromatic carbocycles. The van der Waals surface area contributed by atoms with Gasteiger partial charge >= 0.3 is 0 Å². The molecule has 0 aromatic rings. The lowest BCUT2D eigenvalue weighted by Crippen LogP contribution is -2.41. The summed E-state index contributed by atoms with van der Waals surface area (Å²) in [5.41, 5.74) is 0.435. The molecular weight excluding hydrogens is 224 g/mol. The van der Waals surface area contributed by atoms with Crippen LogP contribution in [0.2, 0.25) is 0 Å². The fourth-order valence-electron chi connectivity index (χ4n) is 3.02. The summed E-state index contributed by atoms with van der Waals surface area (Å²) in [5, 5.41) is 3.42. The van der Waals surface area contributed by atoms with Crippen molar-refractivity contribution in [3.8, 4) is 0 Å². The number of amides is 1. The SMILES string of the molecule is CC1(C)CCN(C(=O)CCC2CCCNC2)CC1. The third-order valence-electron chi connectivity index (χ3n) is 4.64. The summed E-state index contributed by atoms with van der Waals surface area (Å²) < 4.78 is 0. The lowest BCUT2D eigenvalue weighted by atomic mass is 9.82. The molecule has 2 aliphatic heterocycles. The van der Waals surface area contributed by atoms with Gasteiger partial charge in [0.1, 0.15) is 0 Å². The summed E-state index contributed by atoms with van der Waals surface area (Å²) in [5.74, 6) is 1.11. The lowest BCUT2D eigenvalue weighted by Gasteiger charge is -2.37. The van der Waals surface area contributed by atoms with E-state index >= 15 is 0 Å². The molecule has 0 spiro atoms. The molecule has 1 unspecified atom stereocenters. The van der Waals surface area contributed by atoms with E-state index in [4.69, 9.17) is 0 Å². The fourth-order valence-corrected chi connectivity index (χ4v) is 3.02. The quantitative estimate of drug-likeness (QED) is 0.836. The first-order chi connectivity index (χ1) is 8.57. The third-order valence-corrected chi connectivity index (χ3v) is 4.64. The predicted octanol–water partition coefficient (Wildman–Crippen LogP) is 2.41. The average molecular weight is 252 g/mol. The maximum absolute atomic E-state index is 12.2. The fraction of sp³-hybridized carbons (Fsp3) is 0.933. The molecule has 104 valence electrons. The molecule has 2 aliphatic rings. The number of rotatable bonds is 3. The van der Waals surface area contributed by atoms with Crippen molar-refractivity contribution >= 4 is 5.91 Å². The highest BCUT2D eigenvalue weighted by molar-refractivity contribution is 5.76. The Bertz CT molecular complexity index is 272. The Hall–Kier alpha value is -0.570. The van der Waals surface area contributed by atoms with Crippen LogP contribution in [-0.2, 0) is 4.79 Å². The van der Waals surface area contributed by atoms with Crippen LogP contribution in [0.25, 0.3) is 0 Å². The maximum atomic E-state index is 12.2. The zero-order chi connectivity index (χ0) is 13.0. The molecule has 2 rings (SSSR count). The van der Waals surface area contributed by atoms with Crippen LogP contribution in [0.15, 0.2) is 0 Å². The van der Waals surface area contributed by atoms with Crippen molar-refractivity contribution in [3.63, 3.8) is 0 Å². The largest absolute Gasteiger partial charge is 0.343 e. The number of carbonyl (C=O) groups is 1.